The van der Waals surface area contributed by atoms with E-state index in [0.29, 0.717) is 0 Å². The molecule has 24 heavy (non-hydrogen) atoms. The molecular formula is C21H34N2O. The van der Waals surface area contributed by atoms with Crippen LogP contribution in [-0.4, -0.2) is 43.7 Å². The van der Waals surface area contributed by atoms with Crippen LogP contribution in [0.1, 0.15) is 56.9 Å². The predicted octanol–water partition coefficient (Wildman–Crippen LogP) is 4.01. The lowest BCUT2D eigenvalue weighted by atomic mass is 10.0. The van der Waals surface area contributed by atoms with Gasteiger partial charge in [0.05, 0.1) is 7.11 Å². The second kappa shape index (κ2) is 9.43. The SMILES string of the molecule is COc1ccc(CCN2CCC(NC3CCCCCC3)CC2)cc1. The molecule has 2 aliphatic rings. The molecule has 0 radical (unpaired) electrons. The molecule has 0 bridgehead atoms. The normalized spacial score (nSPS) is 21.5. The van der Waals surface area contributed by atoms with Crippen LogP contribution in [-0.2, 0) is 6.42 Å². The molecule has 0 aromatic heterocycles. The van der Waals surface area contributed by atoms with E-state index < -0.39 is 0 Å². The molecule has 3 heteroatoms. The molecule has 1 aromatic rings. The van der Waals surface area contributed by atoms with Gasteiger partial charge >= 0.3 is 0 Å². The number of rotatable bonds is 6. The number of likely N-dealkylation sites (tertiary alicyclic amines) is 1. The molecule has 0 spiro atoms. The van der Waals surface area contributed by atoms with Crippen molar-refractivity contribution in [1.29, 1.82) is 0 Å². The van der Waals surface area contributed by atoms with Crippen LogP contribution >= 0.6 is 0 Å². The Balaban J connectivity index is 1.35. The maximum absolute atomic E-state index is 5.23. The average molecular weight is 331 g/mol. The van der Waals surface area contributed by atoms with Gasteiger partial charge in [0, 0.05) is 18.6 Å². The number of ether oxygens (including phenoxy) is 1. The maximum Gasteiger partial charge on any atom is 0.118 e. The lowest BCUT2D eigenvalue weighted by Gasteiger charge is -2.34. The minimum absolute atomic E-state index is 0.755. The molecule has 1 N–H and O–H groups in total. The monoisotopic (exact) mass is 330 g/mol. The van der Waals surface area contributed by atoms with E-state index in [1.165, 1.54) is 76.6 Å². The maximum atomic E-state index is 5.23. The zero-order chi connectivity index (χ0) is 16.6. The summed E-state index contributed by atoms with van der Waals surface area (Å²) in [6, 6.07) is 10.1. The molecule has 1 heterocycles. The van der Waals surface area contributed by atoms with E-state index in [4.69, 9.17) is 4.74 Å². The Bertz CT molecular complexity index is 457. The quantitative estimate of drug-likeness (QED) is 0.798. The third-order valence-corrected chi connectivity index (χ3v) is 5.79. The number of methoxy groups -OCH3 is 1. The van der Waals surface area contributed by atoms with Crippen LogP contribution in [0.5, 0.6) is 5.75 Å². The third-order valence-electron chi connectivity index (χ3n) is 5.79. The van der Waals surface area contributed by atoms with E-state index in [1.807, 2.05) is 0 Å². The molecular weight excluding hydrogens is 296 g/mol. The van der Waals surface area contributed by atoms with Gasteiger partial charge in [-0.3, -0.25) is 0 Å². The highest BCUT2D eigenvalue weighted by atomic mass is 16.5. The first kappa shape index (κ1) is 17.8. The van der Waals surface area contributed by atoms with Crippen LogP contribution in [0.3, 0.4) is 0 Å². The van der Waals surface area contributed by atoms with Gasteiger partial charge in [-0.05, 0) is 62.9 Å². The number of piperidine rings is 1. The highest BCUT2D eigenvalue weighted by Crippen LogP contribution is 2.20. The summed E-state index contributed by atoms with van der Waals surface area (Å²) in [6.45, 7) is 3.68. The van der Waals surface area contributed by atoms with E-state index in [-0.39, 0.29) is 0 Å². The lowest BCUT2D eigenvalue weighted by molar-refractivity contribution is 0.190. The van der Waals surface area contributed by atoms with Crippen LogP contribution in [0, 0.1) is 0 Å². The molecule has 1 saturated carbocycles. The van der Waals surface area contributed by atoms with Crippen LogP contribution < -0.4 is 10.1 Å². The summed E-state index contributed by atoms with van der Waals surface area (Å²) in [6.07, 6.45) is 12.3. The second-order valence-corrected chi connectivity index (χ2v) is 7.57. The summed E-state index contributed by atoms with van der Waals surface area (Å²) in [7, 11) is 1.72. The summed E-state index contributed by atoms with van der Waals surface area (Å²) in [5.41, 5.74) is 1.41. The van der Waals surface area contributed by atoms with E-state index in [2.05, 4.69) is 34.5 Å². The standard InChI is InChI=1S/C21H34N2O/c1-24-21-10-8-18(9-11-21)12-15-23-16-13-20(14-17-23)22-19-6-4-2-3-5-7-19/h8-11,19-20,22H,2-7,12-17H2,1H3. The largest absolute Gasteiger partial charge is 0.497 e. The van der Waals surface area contributed by atoms with Crippen molar-refractivity contribution < 1.29 is 4.74 Å². The number of hydrogen-bond acceptors (Lipinski definition) is 3. The van der Waals surface area contributed by atoms with Gasteiger partial charge in [0.25, 0.3) is 0 Å². The van der Waals surface area contributed by atoms with E-state index in [0.717, 1.165) is 24.3 Å². The molecule has 1 aliphatic carbocycles. The molecule has 3 nitrogen and oxygen atoms in total. The van der Waals surface area contributed by atoms with Gasteiger partial charge < -0.3 is 15.0 Å². The Morgan fingerprint density at radius 3 is 2.17 bits per heavy atom. The summed E-state index contributed by atoms with van der Waals surface area (Å²) < 4.78 is 5.23. The highest BCUT2D eigenvalue weighted by molar-refractivity contribution is 5.27. The molecule has 0 atom stereocenters. The number of benzene rings is 1. The van der Waals surface area contributed by atoms with Gasteiger partial charge in [-0.15, -0.1) is 0 Å². The highest BCUT2D eigenvalue weighted by Gasteiger charge is 2.22. The van der Waals surface area contributed by atoms with Crippen molar-refractivity contribution in [2.24, 2.45) is 0 Å². The van der Waals surface area contributed by atoms with Crippen molar-refractivity contribution in [2.75, 3.05) is 26.7 Å². The van der Waals surface area contributed by atoms with E-state index >= 15 is 0 Å². The minimum atomic E-state index is 0.755. The van der Waals surface area contributed by atoms with Crippen molar-refractivity contribution in [1.82, 2.24) is 10.2 Å². The van der Waals surface area contributed by atoms with Crippen molar-refractivity contribution in [3.8, 4) is 5.75 Å². The summed E-state index contributed by atoms with van der Waals surface area (Å²) in [5, 5.41) is 3.96. The van der Waals surface area contributed by atoms with Crippen molar-refractivity contribution in [3.05, 3.63) is 29.8 Å². The Kier molecular flexibility index (Phi) is 6.98. The first-order valence-electron chi connectivity index (χ1n) is 9.95. The number of nitrogens with one attached hydrogen (secondary N) is 1. The van der Waals surface area contributed by atoms with Gasteiger partial charge in [-0.25, -0.2) is 0 Å². The topological polar surface area (TPSA) is 24.5 Å². The third kappa shape index (κ3) is 5.49. The van der Waals surface area contributed by atoms with Gasteiger partial charge in [0.2, 0.25) is 0 Å². The van der Waals surface area contributed by atoms with Gasteiger partial charge in [0.15, 0.2) is 0 Å². The van der Waals surface area contributed by atoms with Crippen molar-refractivity contribution >= 4 is 0 Å². The summed E-state index contributed by atoms with van der Waals surface area (Å²) in [5.74, 6) is 0.948. The van der Waals surface area contributed by atoms with Crippen LogP contribution in [0.15, 0.2) is 24.3 Å². The molecule has 0 unspecified atom stereocenters. The summed E-state index contributed by atoms with van der Waals surface area (Å²) in [4.78, 5) is 2.63. The fraction of sp³-hybridized carbons (Fsp3) is 0.714. The fourth-order valence-electron chi connectivity index (χ4n) is 4.18. The number of nitrogens with zero attached hydrogens (tertiary/aromatic N) is 1. The van der Waals surface area contributed by atoms with Crippen molar-refractivity contribution in [3.63, 3.8) is 0 Å². The first-order chi connectivity index (χ1) is 11.8. The molecule has 1 aliphatic heterocycles. The molecule has 1 aromatic carbocycles. The fourth-order valence-corrected chi connectivity index (χ4v) is 4.18. The number of hydrogen-bond donors (Lipinski definition) is 1. The van der Waals surface area contributed by atoms with Crippen LogP contribution in [0.2, 0.25) is 0 Å². The Morgan fingerprint density at radius 1 is 0.917 bits per heavy atom. The summed E-state index contributed by atoms with van der Waals surface area (Å²) >= 11 is 0. The molecule has 1 saturated heterocycles. The molecule has 0 amide bonds. The average Bonchev–Trinajstić information content (AvgIpc) is 2.90. The van der Waals surface area contributed by atoms with Gasteiger partial charge in [0.1, 0.15) is 5.75 Å². The lowest BCUT2D eigenvalue weighted by Crippen LogP contribution is -2.46. The molecule has 134 valence electrons. The Hall–Kier alpha value is -1.06. The molecule has 3 rings (SSSR count). The van der Waals surface area contributed by atoms with E-state index in [1.54, 1.807) is 7.11 Å². The predicted molar refractivity (Wildman–Crippen MR) is 101 cm³/mol. The zero-order valence-electron chi connectivity index (χ0n) is 15.3. The second-order valence-electron chi connectivity index (χ2n) is 7.57. The Morgan fingerprint density at radius 2 is 1.54 bits per heavy atom. The smallest absolute Gasteiger partial charge is 0.118 e. The molecule has 2 fully saturated rings. The Labute approximate surface area is 147 Å². The first-order valence-corrected chi connectivity index (χ1v) is 9.95. The van der Waals surface area contributed by atoms with Crippen molar-refractivity contribution in [2.45, 2.75) is 69.9 Å². The van der Waals surface area contributed by atoms with Crippen LogP contribution in [0.25, 0.3) is 0 Å². The van der Waals surface area contributed by atoms with Crippen LogP contribution in [0.4, 0.5) is 0 Å². The van der Waals surface area contributed by atoms with Gasteiger partial charge in [-0.1, -0.05) is 37.8 Å². The van der Waals surface area contributed by atoms with Gasteiger partial charge in [-0.2, -0.15) is 0 Å². The zero-order valence-corrected chi connectivity index (χ0v) is 15.3. The van der Waals surface area contributed by atoms with E-state index in [9.17, 15) is 0 Å². The minimum Gasteiger partial charge on any atom is -0.497 e.